The molecule has 0 aliphatic carbocycles. The van der Waals surface area contributed by atoms with Gasteiger partial charge in [-0.2, -0.15) is 0 Å². The molecule has 1 unspecified atom stereocenters. The highest BCUT2D eigenvalue weighted by Gasteiger charge is 2.25. The van der Waals surface area contributed by atoms with Crippen molar-refractivity contribution in [1.29, 1.82) is 0 Å². The number of carboxylic acids is 1. The van der Waals surface area contributed by atoms with Crippen LogP contribution < -0.4 is 15.0 Å². The van der Waals surface area contributed by atoms with Gasteiger partial charge in [0.25, 0.3) is 0 Å². The molecule has 0 spiro atoms. The molecule has 0 saturated heterocycles. The Morgan fingerprint density at radius 2 is 1.70 bits per heavy atom. The van der Waals surface area contributed by atoms with E-state index in [1.807, 2.05) is 66.4 Å². The van der Waals surface area contributed by atoms with E-state index in [9.17, 15) is 24.6 Å². The van der Waals surface area contributed by atoms with Gasteiger partial charge in [0.05, 0.1) is 6.61 Å². The van der Waals surface area contributed by atoms with Crippen LogP contribution >= 0.6 is 0 Å². The van der Waals surface area contributed by atoms with E-state index in [4.69, 9.17) is 9.47 Å². The van der Waals surface area contributed by atoms with E-state index >= 15 is 0 Å². The summed E-state index contributed by atoms with van der Waals surface area (Å²) < 4.78 is 11.3. The highest BCUT2D eigenvalue weighted by Crippen LogP contribution is 2.36. The van der Waals surface area contributed by atoms with Crippen LogP contribution in [0.4, 0.5) is 10.5 Å². The third-order valence-corrected chi connectivity index (χ3v) is 8.45. The number of carboxylic acid groups (broad SMARTS) is 1. The van der Waals surface area contributed by atoms with Crippen molar-refractivity contribution < 1.29 is 34.1 Å². The van der Waals surface area contributed by atoms with Crippen LogP contribution in [0.25, 0.3) is 11.1 Å². The number of carbonyl (C=O) groups is 3. The predicted molar refractivity (Wildman–Crippen MR) is 180 cm³/mol. The Hall–Kier alpha value is -5.31. The van der Waals surface area contributed by atoms with Crippen LogP contribution in [0, 0.1) is 13.8 Å². The van der Waals surface area contributed by atoms with Gasteiger partial charge in [-0.1, -0.05) is 54.6 Å². The van der Waals surface area contributed by atoms with Gasteiger partial charge in [0.2, 0.25) is 5.91 Å². The fourth-order valence-electron chi connectivity index (χ4n) is 5.86. The maximum absolute atomic E-state index is 13.3. The molecular weight excluding hydrogens is 596 g/mol. The van der Waals surface area contributed by atoms with Gasteiger partial charge in [0, 0.05) is 25.1 Å². The summed E-state index contributed by atoms with van der Waals surface area (Å²) in [7, 11) is 0. The van der Waals surface area contributed by atoms with Gasteiger partial charge in [0.15, 0.2) is 0 Å². The number of rotatable bonds is 12. The van der Waals surface area contributed by atoms with E-state index in [0.717, 1.165) is 52.1 Å². The minimum Gasteiger partial charge on any atom is -0.508 e. The summed E-state index contributed by atoms with van der Waals surface area (Å²) in [5.74, 6) is -0.264. The number of ether oxygens (including phenoxy) is 2. The molecule has 47 heavy (non-hydrogen) atoms. The first-order valence-electron chi connectivity index (χ1n) is 15.8. The zero-order valence-electron chi connectivity index (χ0n) is 26.7. The third-order valence-electron chi connectivity index (χ3n) is 8.45. The number of hydrogen-bond donors (Lipinski definition) is 3. The summed E-state index contributed by atoms with van der Waals surface area (Å²) in [5.41, 5.74) is 7.57. The van der Waals surface area contributed by atoms with Gasteiger partial charge in [-0.05, 0) is 102 Å². The topological polar surface area (TPSA) is 125 Å². The average Bonchev–Trinajstić information content (AvgIpc) is 3.06. The largest absolute Gasteiger partial charge is 0.508 e. The van der Waals surface area contributed by atoms with Gasteiger partial charge < -0.3 is 29.9 Å². The van der Waals surface area contributed by atoms with Crippen molar-refractivity contribution in [2.75, 3.05) is 18.1 Å². The standard InChI is InChI=1S/C38H40N2O7/c1-25-9-3-17-35(26(25)2)46-20-8-18-36(42)40-19-7-15-32-31(14-6-16-34(32)40)29-12-4-11-28(21-29)24-47-38(45)39-33(37(43)44)23-27-10-5-13-30(41)22-27/h3-6,9-14,16-17,21-22,33,41H,7-8,15,18-20,23-24H2,1-2H3,(H,39,45)(H,43,44). The third kappa shape index (κ3) is 8.49. The summed E-state index contributed by atoms with van der Waals surface area (Å²) in [6.45, 7) is 5.17. The number of anilines is 1. The van der Waals surface area contributed by atoms with Gasteiger partial charge >= 0.3 is 12.1 Å². The monoisotopic (exact) mass is 636 g/mol. The second kappa shape index (κ2) is 15.3. The first kappa shape index (κ1) is 33.1. The lowest BCUT2D eigenvalue weighted by Gasteiger charge is -2.31. The van der Waals surface area contributed by atoms with Crippen LogP contribution in [0.2, 0.25) is 0 Å². The molecule has 9 nitrogen and oxygen atoms in total. The lowest BCUT2D eigenvalue weighted by molar-refractivity contribution is -0.139. The number of fused-ring (bicyclic) bond motifs is 1. The second-order valence-corrected chi connectivity index (χ2v) is 11.8. The Labute approximate surface area is 274 Å². The maximum atomic E-state index is 13.3. The Kier molecular flexibility index (Phi) is 10.8. The summed E-state index contributed by atoms with van der Waals surface area (Å²) in [5, 5.41) is 21.7. The van der Waals surface area contributed by atoms with Crippen molar-refractivity contribution in [3.8, 4) is 22.6 Å². The number of nitrogens with zero attached hydrogens (tertiary/aromatic N) is 1. The second-order valence-electron chi connectivity index (χ2n) is 11.8. The quantitative estimate of drug-likeness (QED) is 0.147. The molecule has 4 aromatic rings. The zero-order chi connectivity index (χ0) is 33.3. The molecule has 1 heterocycles. The average molecular weight is 637 g/mol. The Morgan fingerprint density at radius 3 is 2.51 bits per heavy atom. The molecule has 0 bridgehead atoms. The number of phenolic OH excluding ortho intramolecular Hbond substituents is 1. The van der Waals surface area contributed by atoms with Crippen LogP contribution in [0.3, 0.4) is 0 Å². The number of amides is 2. The van der Waals surface area contributed by atoms with Crippen molar-refractivity contribution in [2.24, 2.45) is 0 Å². The predicted octanol–water partition coefficient (Wildman–Crippen LogP) is 6.74. The SMILES string of the molecule is Cc1cccc(OCCCC(=O)N2CCCc3c(-c4cccc(COC(=O)NC(Cc5cccc(O)c5)C(=O)O)c4)cccc32)c1C. The van der Waals surface area contributed by atoms with Crippen molar-refractivity contribution in [3.63, 3.8) is 0 Å². The van der Waals surface area contributed by atoms with E-state index in [1.165, 1.54) is 17.7 Å². The Balaban J connectivity index is 1.20. The summed E-state index contributed by atoms with van der Waals surface area (Å²) >= 11 is 0. The lowest BCUT2D eigenvalue weighted by atomic mass is 9.91. The molecule has 244 valence electrons. The number of alkyl carbamates (subject to hydrolysis) is 1. The van der Waals surface area contributed by atoms with Crippen LogP contribution in [-0.2, 0) is 33.8 Å². The zero-order valence-corrected chi connectivity index (χ0v) is 26.7. The number of benzene rings is 4. The van der Waals surface area contributed by atoms with Gasteiger partial charge in [0.1, 0.15) is 24.1 Å². The molecule has 9 heteroatoms. The van der Waals surface area contributed by atoms with Crippen molar-refractivity contribution in [3.05, 3.63) is 113 Å². The number of carbonyl (C=O) groups excluding carboxylic acids is 2. The molecule has 1 atom stereocenters. The van der Waals surface area contributed by atoms with E-state index in [1.54, 1.807) is 12.1 Å². The molecule has 1 aliphatic rings. The van der Waals surface area contributed by atoms with Crippen molar-refractivity contribution in [1.82, 2.24) is 5.32 Å². The van der Waals surface area contributed by atoms with Crippen LogP contribution in [0.15, 0.2) is 84.9 Å². The van der Waals surface area contributed by atoms with Gasteiger partial charge in [-0.15, -0.1) is 0 Å². The number of hydrogen-bond acceptors (Lipinski definition) is 6. The molecule has 3 N–H and O–H groups in total. The molecular formula is C38H40N2O7. The molecule has 0 saturated carbocycles. The van der Waals surface area contributed by atoms with Crippen molar-refractivity contribution >= 4 is 23.7 Å². The minimum atomic E-state index is -1.22. The van der Waals surface area contributed by atoms with E-state index in [0.29, 0.717) is 31.6 Å². The normalized spacial score (nSPS) is 12.9. The van der Waals surface area contributed by atoms with Crippen LogP contribution in [0.5, 0.6) is 11.5 Å². The highest BCUT2D eigenvalue weighted by molar-refractivity contribution is 5.96. The molecule has 2 amide bonds. The molecule has 5 rings (SSSR count). The minimum absolute atomic E-state index is 0.00611. The summed E-state index contributed by atoms with van der Waals surface area (Å²) in [4.78, 5) is 39.5. The highest BCUT2D eigenvalue weighted by atomic mass is 16.5. The Bertz CT molecular complexity index is 1750. The molecule has 0 radical (unpaired) electrons. The number of aliphatic carboxylic acids is 1. The number of nitrogens with one attached hydrogen (secondary N) is 1. The van der Waals surface area contributed by atoms with E-state index in [-0.39, 0.29) is 24.7 Å². The maximum Gasteiger partial charge on any atom is 0.408 e. The molecule has 4 aromatic carbocycles. The lowest BCUT2D eigenvalue weighted by Crippen LogP contribution is -2.42. The van der Waals surface area contributed by atoms with Crippen LogP contribution in [0.1, 0.15) is 47.1 Å². The molecule has 0 fully saturated rings. The first-order valence-corrected chi connectivity index (χ1v) is 15.8. The first-order chi connectivity index (χ1) is 22.7. The van der Waals surface area contributed by atoms with E-state index < -0.39 is 18.1 Å². The number of aromatic hydroxyl groups is 1. The fourth-order valence-corrected chi connectivity index (χ4v) is 5.86. The fraction of sp³-hybridized carbons (Fsp3) is 0.289. The number of aryl methyl sites for hydroxylation is 1. The molecule has 1 aliphatic heterocycles. The summed E-state index contributed by atoms with van der Waals surface area (Å²) in [6, 6.07) is 24.6. The van der Waals surface area contributed by atoms with Crippen molar-refractivity contribution in [2.45, 2.75) is 58.6 Å². The van der Waals surface area contributed by atoms with E-state index in [2.05, 4.69) is 18.3 Å². The van der Waals surface area contributed by atoms with Gasteiger partial charge in [-0.25, -0.2) is 9.59 Å². The molecule has 0 aromatic heterocycles. The summed E-state index contributed by atoms with van der Waals surface area (Å²) in [6.07, 6.45) is 1.84. The van der Waals surface area contributed by atoms with Crippen LogP contribution in [-0.4, -0.2) is 47.4 Å². The Morgan fingerprint density at radius 1 is 0.936 bits per heavy atom. The number of phenols is 1. The van der Waals surface area contributed by atoms with Gasteiger partial charge in [-0.3, -0.25) is 4.79 Å². The smallest absolute Gasteiger partial charge is 0.408 e.